The highest BCUT2D eigenvalue weighted by atomic mass is 14.9. The van der Waals surface area contributed by atoms with Gasteiger partial charge < -0.3 is 21.3 Å². The molecule has 0 aliphatic heterocycles. The Bertz CT molecular complexity index is 458. The van der Waals surface area contributed by atoms with Gasteiger partial charge in [-0.3, -0.25) is 0 Å². The topological polar surface area (TPSA) is 48.1 Å². The van der Waals surface area contributed by atoms with Gasteiger partial charge in [-0.05, 0) is 151 Å². The highest BCUT2D eigenvalue weighted by molar-refractivity contribution is 5.02. The second kappa shape index (κ2) is 11.6. The Balaban J connectivity index is 0.927. The molecule has 0 aromatic rings. The molecule has 4 nitrogen and oxygen atoms in total. The molecule has 2 atom stereocenters. The maximum atomic E-state index is 3.87. The molecule has 0 saturated heterocycles. The van der Waals surface area contributed by atoms with E-state index in [4.69, 9.17) is 0 Å². The second-order valence-corrected chi connectivity index (χ2v) is 11.5. The van der Waals surface area contributed by atoms with Gasteiger partial charge >= 0.3 is 0 Å². The first-order valence-corrected chi connectivity index (χ1v) is 13.6. The molecule has 5 saturated carbocycles. The molecule has 0 aromatic carbocycles. The summed E-state index contributed by atoms with van der Waals surface area (Å²) in [7, 11) is 0. The predicted octanol–water partition coefficient (Wildman–Crippen LogP) is 3.78. The molecule has 0 heterocycles. The van der Waals surface area contributed by atoms with Crippen molar-refractivity contribution in [2.45, 2.75) is 77.6 Å². The molecule has 4 heteroatoms. The van der Waals surface area contributed by atoms with Crippen LogP contribution >= 0.6 is 0 Å². The fourth-order valence-electron chi connectivity index (χ4n) is 7.42. The first kappa shape index (κ1) is 23.0. The third-order valence-corrected chi connectivity index (χ3v) is 8.71. The predicted molar refractivity (Wildman–Crippen MR) is 128 cm³/mol. The lowest BCUT2D eigenvalue weighted by molar-refractivity contribution is -0.0512. The van der Waals surface area contributed by atoms with Crippen LogP contribution in [0.3, 0.4) is 0 Å². The minimum Gasteiger partial charge on any atom is -0.317 e. The zero-order valence-corrected chi connectivity index (χ0v) is 19.8. The van der Waals surface area contributed by atoms with Gasteiger partial charge in [-0.25, -0.2) is 0 Å². The van der Waals surface area contributed by atoms with Gasteiger partial charge in [-0.15, -0.1) is 0 Å². The number of unbranched alkanes of at least 4 members (excludes halogenated alkanes) is 2. The summed E-state index contributed by atoms with van der Waals surface area (Å²) in [6.45, 7) is 11.9. The molecule has 4 bridgehead atoms. The Labute approximate surface area is 186 Å². The fraction of sp³-hybridized carbons (Fsp3) is 1.00. The Morgan fingerprint density at radius 1 is 0.600 bits per heavy atom. The van der Waals surface area contributed by atoms with E-state index in [2.05, 4.69) is 28.2 Å². The van der Waals surface area contributed by atoms with Crippen LogP contribution in [0.15, 0.2) is 0 Å². The molecule has 5 fully saturated rings. The van der Waals surface area contributed by atoms with Crippen LogP contribution in [-0.4, -0.2) is 52.4 Å². The summed E-state index contributed by atoms with van der Waals surface area (Å²) in [6.07, 6.45) is 16.0. The number of hydrogen-bond donors (Lipinski definition) is 4. The van der Waals surface area contributed by atoms with Crippen LogP contribution in [0, 0.1) is 35.0 Å². The summed E-state index contributed by atoms with van der Waals surface area (Å²) in [6, 6.07) is 0. The average Bonchev–Trinajstić information content (AvgIpc) is 3.46. The van der Waals surface area contributed by atoms with Gasteiger partial charge in [0, 0.05) is 6.54 Å². The van der Waals surface area contributed by atoms with Crippen LogP contribution < -0.4 is 21.3 Å². The summed E-state index contributed by atoms with van der Waals surface area (Å²) >= 11 is 0. The average molecular weight is 419 g/mol. The third kappa shape index (κ3) is 6.92. The van der Waals surface area contributed by atoms with E-state index in [0.29, 0.717) is 5.41 Å². The number of hydrogen-bond acceptors (Lipinski definition) is 4. The van der Waals surface area contributed by atoms with E-state index >= 15 is 0 Å². The Morgan fingerprint density at radius 2 is 1.07 bits per heavy atom. The lowest BCUT2D eigenvalue weighted by Crippen LogP contribution is -2.50. The molecule has 0 aromatic heterocycles. The standard InChI is InChI=1S/C26H50N4/c1-2-27-7-3-4-8-28-18-24-14-25(24)19-29-9-5-6-10-30-20-26-15-21-11-22(16-26)13-23(12-21)17-26/h21-25,27-30H,2-20H2,1H3/t21?,22?,23?,24-,25+,26?/m1/s1. The summed E-state index contributed by atoms with van der Waals surface area (Å²) in [4.78, 5) is 0. The molecule has 0 radical (unpaired) electrons. The van der Waals surface area contributed by atoms with Crippen molar-refractivity contribution in [1.29, 1.82) is 0 Å². The third-order valence-electron chi connectivity index (χ3n) is 8.71. The van der Waals surface area contributed by atoms with Crippen molar-refractivity contribution in [3.63, 3.8) is 0 Å². The van der Waals surface area contributed by atoms with Crippen molar-refractivity contribution in [3.05, 3.63) is 0 Å². The van der Waals surface area contributed by atoms with Crippen molar-refractivity contribution in [3.8, 4) is 0 Å². The van der Waals surface area contributed by atoms with Crippen molar-refractivity contribution in [1.82, 2.24) is 21.3 Å². The van der Waals surface area contributed by atoms with E-state index in [1.165, 1.54) is 77.9 Å². The largest absolute Gasteiger partial charge is 0.317 e. The van der Waals surface area contributed by atoms with E-state index in [-0.39, 0.29) is 0 Å². The van der Waals surface area contributed by atoms with E-state index in [0.717, 1.165) is 36.1 Å². The summed E-state index contributed by atoms with van der Waals surface area (Å²) < 4.78 is 0. The molecule has 0 unspecified atom stereocenters. The minimum absolute atomic E-state index is 0.703. The second-order valence-electron chi connectivity index (χ2n) is 11.5. The first-order valence-electron chi connectivity index (χ1n) is 13.6. The maximum Gasteiger partial charge on any atom is 0.000811 e. The molecule has 30 heavy (non-hydrogen) atoms. The van der Waals surface area contributed by atoms with Crippen LogP contribution in [-0.2, 0) is 0 Å². The summed E-state index contributed by atoms with van der Waals surface area (Å²) in [5.41, 5.74) is 0.703. The first-order chi connectivity index (χ1) is 14.8. The lowest BCUT2D eigenvalue weighted by Gasteiger charge is -2.57. The van der Waals surface area contributed by atoms with E-state index < -0.39 is 0 Å². The molecule has 4 N–H and O–H groups in total. The van der Waals surface area contributed by atoms with Crippen LogP contribution in [0.5, 0.6) is 0 Å². The van der Waals surface area contributed by atoms with Crippen molar-refractivity contribution >= 4 is 0 Å². The minimum atomic E-state index is 0.703. The van der Waals surface area contributed by atoms with Gasteiger partial charge in [0.25, 0.3) is 0 Å². The van der Waals surface area contributed by atoms with Crippen LogP contribution in [0.2, 0.25) is 0 Å². The molecular weight excluding hydrogens is 368 g/mol. The summed E-state index contributed by atoms with van der Waals surface area (Å²) in [5.74, 6) is 5.15. The number of rotatable bonds is 17. The smallest absolute Gasteiger partial charge is 0.000811 e. The Kier molecular flexibility index (Phi) is 8.92. The highest BCUT2D eigenvalue weighted by Crippen LogP contribution is 2.59. The van der Waals surface area contributed by atoms with E-state index in [1.807, 2.05) is 0 Å². The van der Waals surface area contributed by atoms with Crippen LogP contribution in [0.25, 0.3) is 0 Å². The van der Waals surface area contributed by atoms with Crippen LogP contribution in [0.4, 0.5) is 0 Å². The maximum absolute atomic E-state index is 3.87. The van der Waals surface area contributed by atoms with Crippen LogP contribution in [0.1, 0.15) is 77.6 Å². The molecule has 5 aliphatic carbocycles. The van der Waals surface area contributed by atoms with Gasteiger partial charge in [-0.2, -0.15) is 0 Å². The normalized spacial score (nSPS) is 36.5. The molecule has 0 amide bonds. The van der Waals surface area contributed by atoms with E-state index in [9.17, 15) is 0 Å². The zero-order valence-electron chi connectivity index (χ0n) is 19.8. The van der Waals surface area contributed by atoms with Crippen molar-refractivity contribution < 1.29 is 0 Å². The Hall–Kier alpha value is -0.160. The van der Waals surface area contributed by atoms with E-state index in [1.54, 1.807) is 38.5 Å². The van der Waals surface area contributed by atoms with Crippen molar-refractivity contribution in [2.24, 2.45) is 35.0 Å². The molecule has 5 rings (SSSR count). The SMILES string of the molecule is CCNCCCCNC[C@H]1C[C@H]1CNCCCCNCC12CC3CC(CC(C3)C1)C2. The monoisotopic (exact) mass is 418 g/mol. The lowest BCUT2D eigenvalue weighted by atomic mass is 9.49. The van der Waals surface area contributed by atoms with Gasteiger partial charge in [0.2, 0.25) is 0 Å². The van der Waals surface area contributed by atoms with Gasteiger partial charge in [0.15, 0.2) is 0 Å². The van der Waals surface area contributed by atoms with Crippen molar-refractivity contribution in [2.75, 3.05) is 52.4 Å². The summed E-state index contributed by atoms with van der Waals surface area (Å²) in [5, 5.41) is 14.7. The number of nitrogens with one attached hydrogen (secondary N) is 4. The van der Waals surface area contributed by atoms with Gasteiger partial charge in [-0.1, -0.05) is 6.92 Å². The quantitative estimate of drug-likeness (QED) is 0.272. The molecule has 0 spiro atoms. The zero-order chi connectivity index (χ0) is 20.7. The molecule has 174 valence electrons. The molecular formula is C26H50N4. The Morgan fingerprint density at radius 3 is 1.57 bits per heavy atom. The fourth-order valence-corrected chi connectivity index (χ4v) is 7.42. The van der Waals surface area contributed by atoms with Gasteiger partial charge in [0.05, 0.1) is 0 Å². The highest BCUT2D eigenvalue weighted by Gasteiger charge is 2.50. The van der Waals surface area contributed by atoms with Gasteiger partial charge in [0.1, 0.15) is 0 Å². The molecule has 5 aliphatic rings.